The van der Waals surface area contributed by atoms with Crippen LogP contribution in [-0.2, 0) is 17.6 Å². The minimum absolute atomic E-state index is 0.0529. The van der Waals surface area contributed by atoms with E-state index < -0.39 is 0 Å². The van der Waals surface area contributed by atoms with Gasteiger partial charge in [-0.2, -0.15) is 0 Å². The standard InChI is InChI=1S/C26H25N3O3/c1-31-22-11-5-9-20(26(22)32-2)25-24-19(18-8-3-4-10-21(18)28-24)12-14-29(25)23(30)15-17-7-6-13-27-16-17/h3-11,13,16,25,28H,12,14-15H2,1-2H3/t25-/m0/s1. The number of nitrogens with one attached hydrogen (secondary N) is 1. The molecule has 0 radical (unpaired) electrons. The number of methoxy groups -OCH3 is 2. The Hall–Kier alpha value is -3.80. The summed E-state index contributed by atoms with van der Waals surface area (Å²) >= 11 is 0. The zero-order valence-corrected chi connectivity index (χ0v) is 18.2. The Bertz CT molecular complexity index is 1270. The molecule has 6 heteroatoms. The summed E-state index contributed by atoms with van der Waals surface area (Å²) in [7, 11) is 3.26. The summed E-state index contributed by atoms with van der Waals surface area (Å²) in [6, 6.07) is 17.6. The fourth-order valence-corrected chi connectivity index (χ4v) is 4.74. The second kappa shape index (κ2) is 8.38. The third-order valence-electron chi connectivity index (χ3n) is 6.16. The van der Waals surface area contributed by atoms with Crippen molar-refractivity contribution in [3.63, 3.8) is 0 Å². The minimum atomic E-state index is -0.305. The van der Waals surface area contributed by atoms with E-state index >= 15 is 0 Å². The topological polar surface area (TPSA) is 67.5 Å². The fourth-order valence-electron chi connectivity index (χ4n) is 4.74. The van der Waals surface area contributed by atoms with Crippen molar-refractivity contribution in [3.05, 3.63) is 89.4 Å². The monoisotopic (exact) mass is 427 g/mol. The number of carbonyl (C=O) groups excluding carboxylic acids is 1. The maximum atomic E-state index is 13.5. The second-order valence-corrected chi connectivity index (χ2v) is 7.92. The number of carbonyl (C=O) groups is 1. The summed E-state index contributed by atoms with van der Waals surface area (Å²) in [5, 5.41) is 1.20. The molecule has 1 amide bonds. The molecular formula is C26H25N3O3. The Labute approximate surface area is 186 Å². The molecule has 32 heavy (non-hydrogen) atoms. The van der Waals surface area contributed by atoms with E-state index in [4.69, 9.17) is 9.47 Å². The van der Waals surface area contributed by atoms with E-state index in [1.54, 1.807) is 26.6 Å². The third-order valence-corrected chi connectivity index (χ3v) is 6.16. The Morgan fingerprint density at radius 1 is 1.09 bits per heavy atom. The van der Waals surface area contributed by atoms with Crippen molar-refractivity contribution >= 4 is 16.8 Å². The number of ether oxygens (including phenoxy) is 2. The van der Waals surface area contributed by atoms with Crippen LogP contribution in [0.15, 0.2) is 67.0 Å². The molecule has 2 aromatic carbocycles. The van der Waals surface area contributed by atoms with Gasteiger partial charge in [-0.1, -0.05) is 36.4 Å². The number of H-pyrrole nitrogens is 1. The van der Waals surface area contributed by atoms with Crippen LogP contribution in [0.2, 0.25) is 0 Å². The van der Waals surface area contributed by atoms with E-state index in [1.807, 2.05) is 41.3 Å². The zero-order chi connectivity index (χ0) is 22.1. The summed E-state index contributed by atoms with van der Waals surface area (Å²) in [5.41, 5.74) is 5.16. The molecule has 2 aromatic heterocycles. The van der Waals surface area contributed by atoms with E-state index in [0.29, 0.717) is 24.5 Å². The van der Waals surface area contributed by atoms with Crippen molar-refractivity contribution in [2.24, 2.45) is 0 Å². The summed E-state index contributed by atoms with van der Waals surface area (Å²) in [6.45, 7) is 0.624. The van der Waals surface area contributed by atoms with Gasteiger partial charge in [-0.3, -0.25) is 9.78 Å². The van der Waals surface area contributed by atoms with Gasteiger partial charge in [0.2, 0.25) is 5.91 Å². The molecule has 0 aliphatic carbocycles. The van der Waals surface area contributed by atoms with Crippen LogP contribution >= 0.6 is 0 Å². The third kappa shape index (κ3) is 3.38. The van der Waals surface area contributed by atoms with Gasteiger partial charge in [-0.25, -0.2) is 0 Å². The number of hydrogen-bond donors (Lipinski definition) is 1. The number of para-hydroxylation sites is 2. The number of hydrogen-bond acceptors (Lipinski definition) is 4. The van der Waals surface area contributed by atoms with Crippen molar-refractivity contribution in [2.75, 3.05) is 20.8 Å². The molecular weight excluding hydrogens is 402 g/mol. The molecule has 1 aliphatic heterocycles. The van der Waals surface area contributed by atoms with Crippen molar-refractivity contribution in [2.45, 2.75) is 18.9 Å². The molecule has 0 unspecified atom stereocenters. The Morgan fingerprint density at radius 2 is 1.97 bits per heavy atom. The van der Waals surface area contributed by atoms with Gasteiger partial charge in [0.25, 0.3) is 0 Å². The molecule has 3 heterocycles. The van der Waals surface area contributed by atoms with Gasteiger partial charge in [-0.15, -0.1) is 0 Å². The summed E-state index contributed by atoms with van der Waals surface area (Å²) < 4.78 is 11.3. The van der Waals surface area contributed by atoms with Gasteiger partial charge in [0.05, 0.1) is 20.6 Å². The fraction of sp³-hybridized carbons (Fsp3) is 0.231. The molecule has 1 N–H and O–H groups in total. The minimum Gasteiger partial charge on any atom is -0.493 e. The van der Waals surface area contributed by atoms with Gasteiger partial charge in [0.1, 0.15) is 6.04 Å². The Morgan fingerprint density at radius 3 is 2.75 bits per heavy atom. The van der Waals surface area contributed by atoms with Crippen LogP contribution in [0.5, 0.6) is 11.5 Å². The van der Waals surface area contributed by atoms with Crippen LogP contribution < -0.4 is 9.47 Å². The maximum Gasteiger partial charge on any atom is 0.227 e. The van der Waals surface area contributed by atoms with E-state index in [0.717, 1.165) is 28.8 Å². The van der Waals surface area contributed by atoms with Crippen LogP contribution in [0.1, 0.15) is 28.4 Å². The van der Waals surface area contributed by atoms with E-state index in [2.05, 4.69) is 28.2 Å². The lowest BCUT2D eigenvalue weighted by atomic mass is 9.91. The number of pyridine rings is 1. The van der Waals surface area contributed by atoms with E-state index in [1.165, 1.54) is 10.9 Å². The van der Waals surface area contributed by atoms with Crippen LogP contribution in [0.3, 0.4) is 0 Å². The molecule has 0 fully saturated rings. The quantitative estimate of drug-likeness (QED) is 0.516. The normalized spacial score (nSPS) is 15.4. The summed E-state index contributed by atoms with van der Waals surface area (Å²) in [6.07, 6.45) is 4.56. The van der Waals surface area contributed by atoms with Crippen molar-refractivity contribution in [3.8, 4) is 11.5 Å². The van der Waals surface area contributed by atoms with Crippen LogP contribution in [0, 0.1) is 0 Å². The molecule has 162 valence electrons. The van der Waals surface area contributed by atoms with E-state index in [-0.39, 0.29) is 11.9 Å². The highest BCUT2D eigenvalue weighted by Crippen LogP contribution is 2.44. The van der Waals surface area contributed by atoms with Crippen molar-refractivity contribution in [1.82, 2.24) is 14.9 Å². The van der Waals surface area contributed by atoms with Gasteiger partial charge in [0, 0.05) is 41.1 Å². The van der Waals surface area contributed by atoms with Gasteiger partial charge >= 0.3 is 0 Å². The Balaban J connectivity index is 1.65. The SMILES string of the molecule is COc1cccc([C@H]2c3[nH]c4ccccc4c3CCN2C(=O)Cc2cccnc2)c1OC. The number of fused-ring (bicyclic) bond motifs is 3. The lowest BCUT2D eigenvalue weighted by Crippen LogP contribution is -2.41. The second-order valence-electron chi connectivity index (χ2n) is 7.92. The largest absolute Gasteiger partial charge is 0.493 e. The number of nitrogens with zero attached hydrogens (tertiary/aromatic N) is 2. The summed E-state index contributed by atoms with van der Waals surface area (Å²) in [5.74, 6) is 1.34. The Kier molecular flexibility index (Phi) is 5.27. The average Bonchev–Trinajstić information content (AvgIpc) is 3.22. The molecule has 0 spiro atoms. The first-order chi connectivity index (χ1) is 15.7. The first-order valence-electron chi connectivity index (χ1n) is 10.7. The smallest absolute Gasteiger partial charge is 0.227 e. The molecule has 1 aliphatic rings. The molecule has 0 bridgehead atoms. The van der Waals surface area contributed by atoms with Crippen LogP contribution in [0.4, 0.5) is 0 Å². The zero-order valence-electron chi connectivity index (χ0n) is 18.2. The molecule has 1 atom stereocenters. The highest BCUT2D eigenvalue weighted by Gasteiger charge is 2.36. The highest BCUT2D eigenvalue weighted by molar-refractivity contribution is 5.87. The van der Waals surface area contributed by atoms with Crippen LogP contribution in [-0.4, -0.2) is 41.5 Å². The first-order valence-corrected chi connectivity index (χ1v) is 10.7. The van der Waals surface area contributed by atoms with Crippen molar-refractivity contribution in [1.29, 1.82) is 0 Å². The lowest BCUT2D eigenvalue weighted by Gasteiger charge is -2.37. The predicted molar refractivity (Wildman–Crippen MR) is 123 cm³/mol. The van der Waals surface area contributed by atoms with Gasteiger partial charge < -0.3 is 19.4 Å². The first kappa shape index (κ1) is 20.1. The number of amides is 1. The number of rotatable bonds is 5. The molecule has 0 saturated carbocycles. The molecule has 4 aromatic rings. The van der Waals surface area contributed by atoms with Gasteiger partial charge in [-0.05, 0) is 35.7 Å². The highest BCUT2D eigenvalue weighted by atomic mass is 16.5. The maximum absolute atomic E-state index is 13.5. The van der Waals surface area contributed by atoms with Crippen molar-refractivity contribution < 1.29 is 14.3 Å². The summed E-state index contributed by atoms with van der Waals surface area (Å²) in [4.78, 5) is 23.2. The lowest BCUT2D eigenvalue weighted by molar-refractivity contribution is -0.132. The molecule has 0 saturated heterocycles. The average molecular weight is 428 g/mol. The number of benzene rings is 2. The number of aromatic amines is 1. The van der Waals surface area contributed by atoms with Gasteiger partial charge in [0.15, 0.2) is 11.5 Å². The molecule has 5 rings (SSSR count). The van der Waals surface area contributed by atoms with Crippen LogP contribution in [0.25, 0.3) is 10.9 Å². The predicted octanol–water partition coefficient (Wildman–Crippen LogP) is 4.30. The van der Waals surface area contributed by atoms with E-state index in [9.17, 15) is 4.79 Å². The molecule has 6 nitrogen and oxygen atoms in total. The number of aromatic nitrogens is 2.